The average Bonchev–Trinajstić information content (AvgIpc) is 3.02. The monoisotopic (exact) mass is 448 g/mol. The van der Waals surface area contributed by atoms with Crippen LogP contribution in [0.25, 0.3) is 22.4 Å². The van der Waals surface area contributed by atoms with E-state index in [1.54, 1.807) is 30.3 Å². The predicted molar refractivity (Wildman–Crippen MR) is 116 cm³/mol. The Balaban J connectivity index is 1.90. The number of hydrogen-bond donors (Lipinski definition) is 0. The molecule has 7 heteroatoms. The molecule has 3 nitrogen and oxygen atoms in total. The van der Waals surface area contributed by atoms with Crippen LogP contribution >= 0.6 is 46.4 Å². The molecule has 140 valence electrons. The Morgan fingerprint density at radius 3 is 2.18 bits per heavy atom. The molecule has 0 N–H and O–H groups in total. The lowest BCUT2D eigenvalue weighted by atomic mass is 10.1. The molecule has 0 radical (unpaired) electrons. The van der Waals surface area contributed by atoms with Gasteiger partial charge in [-0.1, -0.05) is 76.7 Å². The molecular weight excluding hydrogens is 438 g/mol. The summed E-state index contributed by atoms with van der Waals surface area (Å²) in [6.07, 6.45) is 0.808. The zero-order valence-electron chi connectivity index (χ0n) is 14.3. The molecule has 0 fully saturated rings. The Bertz CT molecular complexity index is 1200. The SMILES string of the molecule is O=Cc1ccc(-c2nc3cc(Cl)c(Cl)cc3n2Cc2ccc(Cl)c(Cl)c2)cc1. The molecule has 0 aliphatic heterocycles. The molecular formula is C21H12Cl4N2O. The third-order valence-electron chi connectivity index (χ3n) is 4.42. The number of rotatable bonds is 4. The second kappa shape index (κ2) is 7.76. The predicted octanol–water partition coefficient (Wildman–Crippen LogP) is 7.18. The van der Waals surface area contributed by atoms with E-state index in [1.807, 2.05) is 28.8 Å². The van der Waals surface area contributed by atoms with E-state index in [0.29, 0.717) is 32.2 Å². The van der Waals surface area contributed by atoms with Crippen LogP contribution in [0.1, 0.15) is 15.9 Å². The summed E-state index contributed by atoms with van der Waals surface area (Å²) in [4.78, 5) is 15.7. The molecule has 1 heterocycles. The Morgan fingerprint density at radius 1 is 0.821 bits per heavy atom. The molecule has 4 aromatic rings. The fourth-order valence-corrected chi connectivity index (χ4v) is 3.67. The van der Waals surface area contributed by atoms with E-state index in [9.17, 15) is 4.79 Å². The smallest absolute Gasteiger partial charge is 0.150 e. The van der Waals surface area contributed by atoms with Gasteiger partial charge in [-0.2, -0.15) is 0 Å². The first-order valence-electron chi connectivity index (χ1n) is 8.31. The van der Waals surface area contributed by atoms with E-state index in [0.717, 1.165) is 34.3 Å². The van der Waals surface area contributed by atoms with E-state index in [-0.39, 0.29) is 0 Å². The van der Waals surface area contributed by atoms with Gasteiger partial charge in [-0.3, -0.25) is 4.79 Å². The van der Waals surface area contributed by atoms with Crippen molar-refractivity contribution in [2.75, 3.05) is 0 Å². The second-order valence-corrected chi connectivity index (χ2v) is 7.89. The van der Waals surface area contributed by atoms with Crippen LogP contribution in [0.4, 0.5) is 0 Å². The molecule has 0 saturated heterocycles. The van der Waals surface area contributed by atoms with Crippen LogP contribution < -0.4 is 0 Å². The Hall–Kier alpha value is -2.04. The van der Waals surface area contributed by atoms with Crippen LogP contribution in [-0.2, 0) is 6.54 Å². The summed E-state index contributed by atoms with van der Waals surface area (Å²) in [5, 5.41) is 1.88. The van der Waals surface area contributed by atoms with Crippen molar-refractivity contribution in [3.05, 3.63) is 85.8 Å². The van der Waals surface area contributed by atoms with Gasteiger partial charge >= 0.3 is 0 Å². The highest BCUT2D eigenvalue weighted by Gasteiger charge is 2.15. The van der Waals surface area contributed by atoms with Crippen molar-refractivity contribution >= 4 is 63.7 Å². The maximum atomic E-state index is 11.0. The van der Waals surface area contributed by atoms with Gasteiger partial charge in [0.15, 0.2) is 0 Å². The normalized spacial score (nSPS) is 11.1. The van der Waals surface area contributed by atoms with Gasteiger partial charge in [0.05, 0.1) is 31.1 Å². The summed E-state index contributed by atoms with van der Waals surface area (Å²) in [5.41, 5.74) is 4.00. The van der Waals surface area contributed by atoms with Gasteiger partial charge in [-0.15, -0.1) is 0 Å². The molecule has 0 bridgehead atoms. The quantitative estimate of drug-likeness (QED) is 0.309. The van der Waals surface area contributed by atoms with Crippen molar-refractivity contribution in [2.24, 2.45) is 0 Å². The molecule has 3 aromatic carbocycles. The number of aromatic nitrogens is 2. The minimum Gasteiger partial charge on any atom is -0.319 e. The molecule has 0 aliphatic carbocycles. The van der Waals surface area contributed by atoms with Crippen LogP contribution in [0, 0.1) is 0 Å². The standard InChI is InChI=1S/C21H12Cl4N2O/c22-15-6-3-13(7-16(15)23)10-27-20-9-18(25)17(24)8-19(20)26-21(27)14-4-1-12(11-28)2-5-14/h1-9,11H,10H2. The fourth-order valence-electron chi connectivity index (χ4n) is 3.03. The molecule has 0 spiro atoms. The van der Waals surface area contributed by atoms with Gasteiger partial charge in [-0.25, -0.2) is 4.98 Å². The number of hydrogen-bond acceptors (Lipinski definition) is 2. The summed E-state index contributed by atoms with van der Waals surface area (Å²) >= 11 is 24.7. The van der Waals surface area contributed by atoms with Crippen LogP contribution in [0.15, 0.2) is 54.6 Å². The van der Waals surface area contributed by atoms with Crippen molar-refractivity contribution in [3.63, 3.8) is 0 Å². The van der Waals surface area contributed by atoms with Crippen LogP contribution in [-0.4, -0.2) is 15.8 Å². The number of halogens is 4. The van der Waals surface area contributed by atoms with Crippen molar-refractivity contribution in [3.8, 4) is 11.4 Å². The fraction of sp³-hybridized carbons (Fsp3) is 0.0476. The summed E-state index contributed by atoms with van der Waals surface area (Å²) < 4.78 is 2.03. The Morgan fingerprint density at radius 2 is 1.50 bits per heavy atom. The lowest BCUT2D eigenvalue weighted by Crippen LogP contribution is -2.02. The number of fused-ring (bicyclic) bond motifs is 1. The summed E-state index contributed by atoms with van der Waals surface area (Å²) in [5.74, 6) is 0.733. The Kier molecular flexibility index (Phi) is 5.35. The largest absolute Gasteiger partial charge is 0.319 e. The minimum atomic E-state index is 0.441. The number of carbonyl (C=O) groups is 1. The first-order valence-corrected chi connectivity index (χ1v) is 9.82. The molecule has 4 rings (SSSR count). The summed E-state index contributed by atoms with van der Waals surface area (Å²) in [7, 11) is 0. The van der Waals surface area contributed by atoms with Gasteiger partial charge < -0.3 is 4.57 Å². The van der Waals surface area contributed by atoms with Gasteiger partial charge in [0.25, 0.3) is 0 Å². The van der Waals surface area contributed by atoms with E-state index in [1.165, 1.54) is 0 Å². The molecule has 0 amide bonds. The number of aldehydes is 1. The first kappa shape index (κ1) is 19.3. The van der Waals surface area contributed by atoms with E-state index < -0.39 is 0 Å². The van der Waals surface area contributed by atoms with Gasteiger partial charge in [0.2, 0.25) is 0 Å². The molecule has 1 aromatic heterocycles. The lowest BCUT2D eigenvalue weighted by Gasteiger charge is -2.11. The number of imidazole rings is 1. The highest BCUT2D eigenvalue weighted by Crippen LogP contribution is 2.32. The molecule has 28 heavy (non-hydrogen) atoms. The molecule has 0 aliphatic rings. The number of carbonyl (C=O) groups excluding carboxylic acids is 1. The molecule has 0 atom stereocenters. The summed E-state index contributed by atoms with van der Waals surface area (Å²) in [6, 6.07) is 16.3. The van der Waals surface area contributed by atoms with Crippen LogP contribution in [0.2, 0.25) is 20.1 Å². The first-order chi connectivity index (χ1) is 13.5. The maximum absolute atomic E-state index is 11.0. The van der Waals surface area contributed by atoms with E-state index in [2.05, 4.69) is 0 Å². The average molecular weight is 450 g/mol. The van der Waals surface area contributed by atoms with Crippen LogP contribution in [0.5, 0.6) is 0 Å². The zero-order valence-corrected chi connectivity index (χ0v) is 17.3. The third kappa shape index (κ3) is 3.63. The van der Waals surface area contributed by atoms with Gasteiger partial charge in [-0.05, 0) is 29.8 Å². The van der Waals surface area contributed by atoms with Gasteiger partial charge in [0, 0.05) is 17.7 Å². The second-order valence-electron chi connectivity index (χ2n) is 6.26. The number of benzene rings is 3. The zero-order chi connectivity index (χ0) is 19.8. The highest BCUT2D eigenvalue weighted by atomic mass is 35.5. The van der Waals surface area contributed by atoms with Crippen molar-refractivity contribution in [1.29, 1.82) is 0 Å². The highest BCUT2D eigenvalue weighted by molar-refractivity contribution is 6.43. The lowest BCUT2D eigenvalue weighted by molar-refractivity contribution is 0.112. The van der Waals surface area contributed by atoms with E-state index >= 15 is 0 Å². The third-order valence-corrected chi connectivity index (χ3v) is 5.88. The van der Waals surface area contributed by atoms with Crippen molar-refractivity contribution in [1.82, 2.24) is 9.55 Å². The number of nitrogens with zero attached hydrogens (tertiary/aromatic N) is 2. The van der Waals surface area contributed by atoms with Crippen LogP contribution in [0.3, 0.4) is 0 Å². The topological polar surface area (TPSA) is 34.9 Å². The molecule has 0 saturated carbocycles. The van der Waals surface area contributed by atoms with Gasteiger partial charge in [0.1, 0.15) is 12.1 Å². The summed E-state index contributed by atoms with van der Waals surface area (Å²) in [6.45, 7) is 0.510. The molecule has 0 unspecified atom stereocenters. The van der Waals surface area contributed by atoms with Crippen molar-refractivity contribution in [2.45, 2.75) is 6.54 Å². The van der Waals surface area contributed by atoms with E-state index in [4.69, 9.17) is 51.4 Å². The Labute approximate surface area is 181 Å². The minimum absolute atomic E-state index is 0.441. The maximum Gasteiger partial charge on any atom is 0.150 e. The van der Waals surface area contributed by atoms with Crippen molar-refractivity contribution < 1.29 is 4.79 Å².